The average molecular weight is 365 g/mol. The maximum atomic E-state index is 12.1. The molecule has 0 aliphatic heterocycles. The van der Waals surface area contributed by atoms with E-state index in [4.69, 9.17) is 15.9 Å². The van der Waals surface area contributed by atoms with Crippen LogP contribution in [-0.2, 0) is 9.53 Å². The SMILES string of the molecule is N=C(N)C1(C(=O)CCCCCCCCCCCOCC2CCCC2)CC1. The van der Waals surface area contributed by atoms with Crippen molar-refractivity contribution in [3.05, 3.63) is 0 Å². The molecule has 4 nitrogen and oxygen atoms in total. The van der Waals surface area contributed by atoms with Gasteiger partial charge in [-0.05, 0) is 44.4 Å². The van der Waals surface area contributed by atoms with E-state index in [9.17, 15) is 4.79 Å². The summed E-state index contributed by atoms with van der Waals surface area (Å²) in [6.45, 7) is 1.95. The molecule has 2 saturated carbocycles. The quantitative estimate of drug-likeness (QED) is 0.219. The van der Waals surface area contributed by atoms with Gasteiger partial charge in [-0.15, -0.1) is 0 Å². The first-order valence-electron chi connectivity index (χ1n) is 11.1. The maximum absolute atomic E-state index is 12.1. The monoisotopic (exact) mass is 364 g/mol. The van der Waals surface area contributed by atoms with Crippen LogP contribution in [0.4, 0.5) is 0 Å². The van der Waals surface area contributed by atoms with Crippen LogP contribution < -0.4 is 5.73 Å². The summed E-state index contributed by atoms with van der Waals surface area (Å²) in [4.78, 5) is 12.1. The third-order valence-electron chi connectivity index (χ3n) is 6.32. The summed E-state index contributed by atoms with van der Waals surface area (Å²) in [5.74, 6) is 1.15. The number of carbonyl (C=O) groups is 1. The highest BCUT2D eigenvalue weighted by Crippen LogP contribution is 2.47. The minimum atomic E-state index is -0.541. The topological polar surface area (TPSA) is 76.2 Å². The Bertz CT molecular complexity index is 426. The van der Waals surface area contributed by atoms with Crippen molar-refractivity contribution in [3.63, 3.8) is 0 Å². The van der Waals surface area contributed by atoms with Gasteiger partial charge in [0.15, 0.2) is 0 Å². The molecule has 0 heterocycles. The molecule has 0 atom stereocenters. The number of ketones is 1. The number of hydrogen-bond donors (Lipinski definition) is 2. The number of hydrogen-bond acceptors (Lipinski definition) is 3. The minimum absolute atomic E-state index is 0.0893. The van der Waals surface area contributed by atoms with Crippen molar-refractivity contribution in [2.45, 2.75) is 103 Å². The maximum Gasteiger partial charge on any atom is 0.146 e. The molecular weight excluding hydrogens is 324 g/mol. The normalized spacial score (nSPS) is 18.9. The Kier molecular flexibility index (Phi) is 9.66. The molecule has 0 saturated heterocycles. The molecule has 0 amide bonds. The van der Waals surface area contributed by atoms with Crippen molar-refractivity contribution in [2.24, 2.45) is 17.1 Å². The highest BCUT2D eigenvalue weighted by molar-refractivity contribution is 6.09. The van der Waals surface area contributed by atoms with Crippen molar-refractivity contribution >= 4 is 11.6 Å². The molecular formula is C22H40N2O2. The third kappa shape index (κ3) is 7.38. The lowest BCUT2D eigenvalue weighted by Gasteiger charge is -2.11. The highest BCUT2D eigenvalue weighted by Gasteiger charge is 2.51. The van der Waals surface area contributed by atoms with Gasteiger partial charge < -0.3 is 10.5 Å². The second kappa shape index (κ2) is 11.7. The zero-order valence-corrected chi connectivity index (χ0v) is 16.7. The highest BCUT2D eigenvalue weighted by atomic mass is 16.5. The van der Waals surface area contributed by atoms with E-state index in [1.54, 1.807) is 0 Å². The van der Waals surface area contributed by atoms with Crippen molar-refractivity contribution in [1.29, 1.82) is 5.41 Å². The van der Waals surface area contributed by atoms with Crippen LogP contribution in [0.15, 0.2) is 0 Å². The van der Waals surface area contributed by atoms with E-state index in [2.05, 4.69) is 0 Å². The zero-order valence-electron chi connectivity index (χ0n) is 16.7. The number of nitrogens with one attached hydrogen (secondary N) is 1. The van der Waals surface area contributed by atoms with E-state index >= 15 is 0 Å². The van der Waals surface area contributed by atoms with Gasteiger partial charge in [-0.2, -0.15) is 0 Å². The number of rotatable bonds is 16. The standard InChI is InChI=1S/C22H40N2O2/c23-21(24)22(15-16-22)20(25)14-8-6-4-2-1-3-5-7-11-17-26-18-19-12-9-10-13-19/h19H,1-18H2,(H3,23,24). The second-order valence-electron chi connectivity index (χ2n) is 8.58. The molecule has 2 aliphatic rings. The van der Waals surface area contributed by atoms with Gasteiger partial charge in [-0.1, -0.05) is 57.8 Å². The van der Waals surface area contributed by atoms with Gasteiger partial charge in [0, 0.05) is 19.6 Å². The predicted molar refractivity (Wildman–Crippen MR) is 108 cm³/mol. The minimum Gasteiger partial charge on any atom is -0.387 e. The molecule has 0 aromatic heterocycles. The molecule has 4 heteroatoms. The summed E-state index contributed by atoms with van der Waals surface area (Å²) in [5.41, 5.74) is 5.01. The van der Waals surface area contributed by atoms with Crippen molar-refractivity contribution in [1.82, 2.24) is 0 Å². The molecule has 0 spiro atoms. The number of ether oxygens (including phenoxy) is 1. The summed E-state index contributed by atoms with van der Waals surface area (Å²) in [6, 6.07) is 0. The van der Waals surface area contributed by atoms with Crippen molar-refractivity contribution in [3.8, 4) is 0 Å². The molecule has 0 bridgehead atoms. The smallest absolute Gasteiger partial charge is 0.146 e. The van der Waals surface area contributed by atoms with E-state index in [0.29, 0.717) is 6.42 Å². The lowest BCUT2D eigenvalue weighted by molar-refractivity contribution is -0.122. The lowest BCUT2D eigenvalue weighted by atomic mass is 9.95. The number of unbranched alkanes of at least 4 members (excludes halogenated alkanes) is 8. The molecule has 3 N–H and O–H groups in total. The Morgan fingerprint density at radius 2 is 1.46 bits per heavy atom. The number of Topliss-reactive ketones (excluding diaryl/α,β-unsaturated/α-hetero) is 1. The predicted octanol–water partition coefficient (Wildman–Crippen LogP) is 5.38. The first kappa shape index (κ1) is 21.4. The largest absolute Gasteiger partial charge is 0.387 e. The second-order valence-corrected chi connectivity index (χ2v) is 8.58. The number of carbonyl (C=O) groups excluding carboxylic acids is 1. The van der Waals surface area contributed by atoms with Gasteiger partial charge >= 0.3 is 0 Å². The van der Waals surface area contributed by atoms with Crippen LogP contribution in [0.25, 0.3) is 0 Å². The summed E-state index contributed by atoms with van der Waals surface area (Å²) in [5, 5.41) is 7.54. The summed E-state index contributed by atoms with van der Waals surface area (Å²) in [7, 11) is 0. The average Bonchev–Trinajstić information content (AvgIpc) is 3.29. The van der Waals surface area contributed by atoms with Gasteiger partial charge in [-0.25, -0.2) is 0 Å². The summed E-state index contributed by atoms with van der Waals surface area (Å²) in [6.07, 6.45) is 18.9. The molecule has 150 valence electrons. The molecule has 2 rings (SSSR count). The van der Waals surface area contributed by atoms with Gasteiger partial charge in [0.2, 0.25) is 0 Å². The fourth-order valence-electron chi connectivity index (χ4n) is 4.22. The van der Waals surface area contributed by atoms with Crippen LogP contribution >= 0.6 is 0 Å². The molecule has 0 unspecified atom stereocenters. The van der Waals surface area contributed by atoms with Gasteiger partial charge in [0.25, 0.3) is 0 Å². The van der Waals surface area contributed by atoms with Crippen LogP contribution in [-0.4, -0.2) is 24.8 Å². The van der Waals surface area contributed by atoms with Crippen LogP contribution in [0.5, 0.6) is 0 Å². The van der Waals surface area contributed by atoms with Crippen LogP contribution in [0, 0.1) is 16.7 Å². The molecule has 0 aromatic carbocycles. The van der Waals surface area contributed by atoms with Crippen molar-refractivity contribution < 1.29 is 9.53 Å². The van der Waals surface area contributed by atoms with E-state index in [-0.39, 0.29) is 11.6 Å². The lowest BCUT2D eigenvalue weighted by Crippen LogP contribution is -2.31. The fraction of sp³-hybridized carbons (Fsp3) is 0.909. The molecule has 26 heavy (non-hydrogen) atoms. The first-order valence-corrected chi connectivity index (χ1v) is 11.1. The Balaban J connectivity index is 1.29. The fourth-order valence-corrected chi connectivity index (χ4v) is 4.22. The Labute approximate surface area is 160 Å². The number of amidine groups is 1. The van der Waals surface area contributed by atoms with Crippen LogP contribution in [0.2, 0.25) is 0 Å². The van der Waals surface area contributed by atoms with Gasteiger partial charge in [0.1, 0.15) is 11.6 Å². The van der Waals surface area contributed by atoms with E-state index < -0.39 is 5.41 Å². The van der Waals surface area contributed by atoms with Crippen molar-refractivity contribution in [2.75, 3.05) is 13.2 Å². The summed E-state index contributed by atoms with van der Waals surface area (Å²) >= 11 is 0. The van der Waals surface area contributed by atoms with E-state index in [1.165, 1.54) is 70.6 Å². The molecule has 0 radical (unpaired) electrons. The Morgan fingerprint density at radius 3 is 2.00 bits per heavy atom. The van der Waals surface area contributed by atoms with E-state index in [1.807, 2.05) is 0 Å². The molecule has 0 aromatic rings. The Hall–Kier alpha value is -0.900. The van der Waals surface area contributed by atoms with Crippen LogP contribution in [0.3, 0.4) is 0 Å². The Morgan fingerprint density at radius 1 is 0.923 bits per heavy atom. The summed E-state index contributed by atoms with van der Waals surface area (Å²) < 4.78 is 5.80. The first-order chi connectivity index (χ1) is 12.6. The number of nitrogens with two attached hydrogens (primary N) is 1. The van der Waals surface area contributed by atoms with E-state index in [0.717, 1.165) is 44.8 Å². The molecule has 2 fully saturated rings. The zero-order chi connectivity index (χ0) is 18.7. The van der Waals surface area contributed by atoms with Crippen LogP contribution in [0.1, 0.15) is 103 Å². The van der Waals surface area contributed by atoms with Gasteiger partial charge in [-0.3, -0.25) is 10.2 Å². The third-order valence-corrected chi connectivity index (χ3v) is 6.32. The molecule has 2 aliphatic carbocycles. The van der Waals surface area contributed by atoms with Gasteiger partial charge in [0.05, 0.1) is 5.41 Å².